The first kappa shape index (κ1) is 28.9. The number of benzene rings is 3. The number of ether oxygens (including phenoxy) is 3. The van der Waals surface area contributed by atoms with Crippen LogP contribution in [0.3, 0.4) is 0 Å². The molecule has 0 radical (unpaired) electrons. The van der Waals surface area contributed by atoms with E-state index in [2.05, 4.69) is 5.32 Å². The Morgan fingerprint density at radius 1 is 0.895 bits per heavy atom. The summed E-state index contributed by atoms with van der Waals surface area (Å²) in [7, 11) is 3.08. The van der Waals surface area contributed by atoms with Gasteiger partial charge in [0.05, 0.1) is 14.2 Å². The fraction of sp³-hybridized carbons (Fsp3) is 0.333. The third-order valence-electron chi connectivity index (χ3n) is 5.94. The van der Waals surface area contributed by atoms with Crippen molar-refractivity contribution < 1.29 is 23.8 Å². The van der Waals surface area contributed by atoms with Gasteiger partial charge in [0.2, 0.25) is 5.91 Å². The van der Waals surface area contributed by atoms with Crippen molar-refractivity contribution in [2.75, 3.05) is 27.4 Å². The number of hydrogen-bond donors (Lipinski definition) is 1. The van der Waals surface area contributed by atoms with Crippen molar-refractivity contribution in [2.45, 2.75) is 32.9 Å². The number of carbonyl (C=O) groups is 2. The number of halogens is 1. The number of hydrogen-bond acceptors (Lipinski definition) is 5. The minimum absolute atomic E-state index is 0.149. The summed E-state index contributed by atoms with van der Waals surface area (Å²) in [5.41, 5.74) is 1.67. The summed E-state index contributed by atoms with van der Waals surface area (Å²) in [4.78, 5) is 28.8. The van der Waals surface area contributed by atoms with Crippen molar-refractivity contribution in [3.05, 3.63) is 88.9 Å². The fourth-order valence-corrected chi connectivity index (χ4v) is 4.07. The van der Waals surface area contributed by atoms with Crippen LogP contribution in [0.2, 0.25) is 5.02 Å². The van der Waals surface area contributed by atoms with Crippen LogP contribution in [0.5, 0.6) is 17.2 Å². The van der Waals surface area contributed by atoms with Crippen molar-refractivity contribution in [1.82, 2.24) is 10.2 Å². The van der Waals surface area contributed by atoms with Gasteiger partial charge in [-0.25, -0.2) is 0 Å². The van der Waals surface area contributed by atoms with Gasteiger partial charge in [-0.15, -0.1) is 0 Å². The Kier molecular flexibility index (Phi) is 10.8. The smallest absolute Gasteiger partial charge is 0.261 e. The predicted octanol–water partition coefficient (Wildman–Crippen LogP) is 5.15. The second-order valence-corrected chi connectivity index (χ2v) is 9.70. The van der Waals surface area contributed by atoms with Crippen LogP contribution in [-0.4, -0.2) is 50.1 Å². The fourth-order valence-electron chi connectivity index (χ4n) is 3.88. The van der Waals surface area contributed by atoms with E-state index >= 15 is 0 Å². The molecule has 0 aliphatic heterocycles. The number of amides is 2. The van der Waals surface area contributed by atoms with E-state index in [0.29, 0.717) is 35.2 Å². The molecule has 7 nitrogen and oxygen atoms in total. The van der Waals surface area contributed by atoms with Crippen molar-refractivity contribution in [3.8, 4) is 17.2 Å². The SMILES string of the molecule is COc1cc(OC)cc(OCC(=O)N(Cc2ccccc2Cl)[C@H](Cc2ccccc2)C(=O)NCC(C)C)c1. The number of carbonyl (C=O) groups excluding carboxylic acids is 2. The van der Waals surface area contributed by atoms with E-state index in [1.54, 1.807) is 43.4 Å². The van der Waals surface area contributed by atoms with Crippen LogP contribution in [0.15, 0.2) is 72.8 Å². The predicted molar refractivity (Wildman–Crippen MR) is 149 cm³/mol. The molecule has 0 aromatic heterocycles. The van der Waals surface area contributed by atoms with E-state index in [4.69, 9.17) is 25.8 Å². The van der Waals surface area contributed by atoms with Crippen molar-refractivity contribution in [2.24, 2.45) is 5.92 Å². The quantitative estimate of drug-likeness (QED) is 0.326. The lowest BCUT2D eigenvalue weighted by atomic mass is 10.0. The highest BCUT2D eigenvalue weighted by atomic mass is 35.5. The lowest BCUT2D eigenvalue weighted by molar-refractivity contribution is -0.142. The summed E-state index contributed by atoms with van der Waals surface area (Å²) in [5.74, 6) is 1.16. The van der Waals surface area contributed by atoms with Gasteiger partial charge < -0.3 is 24.4 Å². The molecule has 2 amide bonds. The van der Waals surface area contributed by atoms with E-state index in [9.17, 15) is 9.59 Å². The standard InChI is InChI=1S/C30H35ClN2O5/c1-21(2)18-32-30(35)28(14-22-10-6-5-7-11-22)33(19-23-12-8-9-13-27(23)31)29(34)20-38-26-16-24(36-3)15-25(17-26)37-4/h5-13,15-17,21,28H,14,18-20H2,1-4H3,(H,32,35)/t28-/m1/s1. The molecule has 3 aromatic carbocycles. The molecule has 0 saturated heterocycles. The Bertz CT molecular complexity index is 1180. The van der Waals surface area contributed by atoms with Gasteiger partial charge in [-0.2, -0.15) is 0 Å². The third kappa shape index (κ3) is 8.42. The van der Waals surface area contributed by atoms with Crippen molar-refractivity contribution in [1.29, 1.82) is 0 Å². The lowest BCUT2D eigenvalue weighted by Crippen LogP contribution is -2.52. The first-order valence-electron chi connectivity index (χ1n) is 12.5. The van der Waals surface area contributed by atoms with E-state index in [0.717, 1.165) is 11.1 Å². The Hall–Kier alpha value is -3.71. The average Bonchev–Trinajstić information content (AvgIpc) is 2.93. The van der Waals surface area contributed by atoms with Crippen molar-refractivity contribution >= 4 is 23.4 Å². The van der Waals surface area contributed by atoms with Gasteiger partial charge in [0.25, 0.3) is 5.91 Å². The highest BCUT2D eigenvalue weighted by molar-refractivity contribution is 6.31. The normalized spacial score (nSPS) is 11.5. The Morgan fingerprint density at radius 3 is 2.11 bits per heavy atom. The molecule has 0 saturated carbocycles. The summed E-state index contributed by atoms with van der Waals surface area (Å²) < 4.78 is 16.5. The molecule has 0 heterocycles. The summed E-state index contributed by atoms with van der Waals surface area (Å²) >= 11 is 6.46. The van der Waals surface area contributed by atoms with Gasteiger partial charge in [0, 0.05) is 42.7 Å². The maximum atomic E-state index is 13.7. The average molecular weight is 539 g/mol. The van der Waals surface area contributed by atoms with Crippen LogP contribution in [-0.2, 0) is 22.6 Å². The molecule has 0 bridgehead atoms. The Morgan fingerprint density at radius 2 is 1.50 bits per heavy atom. The number of methoxy groups -OCH3 is 2. The second kappa shape index (κ2) is 14.3. The van der Waals surface area contributed by atoms with Crippen LogP contribution in [0.1, 0.15) is 25.0 Å². The second-order valence-electron chi connectivity index (χ2n) is 9.29. The molecule has 0 fully saturated rings. The van der Waals surface area contributed by atoms with E-state index in [1.807, 2.05) is 62.4 Å². The van der Waals surface area contributed by atoms with E-state index in [-0.39, 0.29) is 30.9 Å². The van der Waals surface area contributed by atoms with E-state index in [1.165, 1.54) is 0 Å². The molecule has 0 unspecified atom stereocenters. The molecule has 3 rings (SSSR count). The van der Waals surface area contributed by atoms with Crippen LogP contribution < -0.4 is 19.5 Å². The first-order valence-corrected chi connectivity index (χ1v) is 12.9. The van der Waals surface area contributed by atoms with Crippen LogP contribution in [0.25, 0.3) is 0 Å². The first-order chi connectivity index (χ1) is 18.3. The molecule has 0 aliphatic carbocycles. The zero-order valence-electron chi connectivity index (χ0n) is 22.3. The summed E-state index contributed by atoms with van der Waals surface area (Å²) in [5, 5.41) is 3.52. The number of nitrogens with one attached hydrogen (secondary N) is 1. The molecule has 8 heteroatoms. The van der Waals surface area contributed by atoms with Crippen LogP contribution >= 0.6 is 11.6 Å². The molecular weight excluding hydrogens is 504 g/mol. The van der Waals surface area contributed by atoms with E-state index < -0.39 is 6.04 Å². The lowest BCUT2D eigenvalue weighted by Gasteiger charge is -2.32. The third-order valence-corrected chi connectivity index (χ3v) is 6.31. The zero-order valence-corrected chi connectivity index (χ0v) is 23.0. The van der Waals surface area contributed by atoms with Gasteiger partial charge >= 0.3 is 0 Å². The highest BCUT2D eigenvalue weighted by Crippen LogP contribution is 2.28. The molecule has 38 heavy (non-hydrogen) atoms. The van der Waals surface area contributed by atoms with Gasteiger partial charge in [0.15, 0.2) is 6.61 Å². The molecule has 1 N–H and O–H groups in total. The molecule has 0 aliphatic rings. The van der Waals surface area contributed by atoms with Gasteiger partial charge in [0.1, 0.15) is 23.3 Å². The molecular formula is C30H35ClN2O5. The number of rotatable bonds is 13. The minimum Gasteiger partial charge on any atom is -0.496 e. The molecule has 202 valence electrons. The highest BCUT2D eigenvalue weighted by Gasteiger charge is 2.31. The number of nitrogens with zero attached hydrogens (tertiary/aromatic N) is 1. The maximum absolute atomic E-state index is 13.7. The molecule has 0 spiro atoms. The summed E-state index contributed by atoms with van der Waals surface area (Å²) in [6, 6.07) is 21.2. The van der Waals surface area contributed by atoms with Gasteiger partial charge in [-0.05, 0) is 23.1 Å². The van der Waals surface area contributed by atoms with Gasteiger partial charge in [-0.1, -0.05) is 74.0 Å². The van der Waals surface area contributed by atoms with Crippen LogP contribution in [0, 0.1) is 5.92 Å². The van der Waals surface area contributed by atoms with Crippen molar-refractivity contribution in [3.63, 3.8) is 0 Å². The maximum Gasteiger partial charge on any atom is 0.261 e. The summed E-state index contributed by atoms with van der Waals surface area (Å²) in [6.45, 7) is 4.41. The Labute approximate surface area is 229 Å². The topological polar surface area (TPSA) is 77.1 Å². The summed E-state index contributed by atoms with van der Waals surface area (Å²) in [6.07, 6.45) is 0.341. The Balaban J connectivity index is 1.92. The van der Waals surface area contributed by atoms with Gasteiger partial charge in [-0.3, -0.25) is 9.59 Å². The zero-order chi connectivity index (χ0) is 27.5. The largest absolute Gasteiger partial charge is 0.496 e. The minimum atomic E-state index is -0.775. The molecule has 1 atom stereocenters. The van der Waals surface area contributed by atoms with Crippen LogP contribution in [0.4, 0.5) is 0 Å². The molecule has 3 aromatic rings. The monoisotopic (exact) mass is 538 g/mol.